The van der Waals surface area contributed by atoms with Gasteiger partial charge in [-0.25, -0.2) is 9.78 Å². The maximum Gasteiger partial charge on any atom is 0.327 e. The maximum atomic E-state index is 11.7. The van der Waals surface area contributed by atoms with E-state index >= 15 is 0 Å². The van der Waals surface area contributed by atoms with E-state index in [1.54, 1.807) is 12.4 Å². The number of hydrogen-bond donors (Lipinski definition) is 1. The zero-order valence-corrected chi connectivity index (χ0v) is 9.23. The first-order valence-electron chi connectivity index (χ1n) is 5.36. The number of nitrogens with zero attached hydrogens (tertiary/aromatic N) is 2. The quantitative estimate of drug-likeness (QED) is 0.765. The lowest BCUT2D eigenvalue weighted by molar-refractivity contribution is 0.237. The third-order valence-corrected chi connectivity index (χ3v) is 3.04. The predicted octanol–water partition coefficient (Wildman–Crippen LogP) is 2.02. The summed E-state index contributed by atoms with van der Waals surface area (Å²) in [5.41, 5.74) is 0.368. The second kappa shape index (κ2) is 3.68. The molecule has 1 aliphatic carbocycles. The van der Waals surface area contributed by atoms with E-state index in [2.05, 4.69) is 24.1 Å². The summed E-state index contributed by atoms with van der Waals surface area (Å²) < 4.78 is 1.48. The maximum absolute atomic E-state index is 11.7. The Morgan fingerprint density at radius 3 is 2.93 bits per heavy atom. The second-order valence-corrected chi connectivity index (χ2v) is 5.02. The number of nitrogens with one attached hydrogen (secondary N) is 1. The summed E-state index contributed by atoms with van der Waals surface area (Å²) in [6, 6.07) is 0.241. The van der Waals surface area contributed by atoms with E-state index in [0.29, 0.717) is 11.5 Å². The van der Waals surface area contributed by atoms with Gasteiger partial charge in [-0.05, 0) is 24.7 Å². The molecule has 82 valence electrons. The number of aromatic nitrogens is 2. The van der Waals surface area contributed by atoms with Crippen LogP contribution in [-0.4, -0.2) is 21.6 Å². The molecule has 0 aromatic carbocycles. The van der Waals surface area contributed by atoms with Gasteiger partial charge in [0.1, 0.15) is 6.33 Å². The van der Waals surface area contributed by atoms with Crippen LogP contribution in [0.3, 0.4) is 0 Å². The standard InChI is InChI=1S/C11H17N3O/c1-11(2)4-3-9(7-11)13-10(15)14-6-5-12-8-14/h5-6,8-9H,3-4,7H2,1-2H3,(H,13,15). The summed E-state index contributed by atoms with van der Waals surface area (Å²) in [5, 5.41) is 3.02. The van der Waals surface area contributed by atoms with Gasteiger partial charge in [0.2, 0.25) is 0 Å². The predicted molar refractivity (Wildman–Crippen MR) is 57.6 cm³/mol. The molecule has 0 aliphatic heterocycles. The first kappa shape index (κ1) is 10.2. The molecule has 1 heterocycles. The Morgan fingerprint density at radius 2 is 2.40 bits per heavy atom. The molecule has 1 aromatic heterocycles. The molecule has 1 fully saturated rings. The molecule has 1 amide bonds. The number of imidazole rings is 1. The lowest BCUT2D eigenvalue weighted by Gasteiger charge is -2.17. The normalized spacial score (nSPS) is 24.0. The lowest BCUT2D eigenvalue weighted by Crippen LogP contribution is -2.36. The van der Waals surface area contributed by atoms with Gasteiger partial charge in [0.25, 0.3) is 0 Å². The van der Waals surface area contributed by atoms with E-state index in [1.165, 1.54) is 17.3 Å². The van der Waals surface area contributed by atoms with Gasteiger partial charge in [0.05, 0.1) is 0 Å². The fourth-order valence-corrected chi connectivity index (χ4v) is 2.19. The molecule has 1 saturated carbocycles. The molecule has 1 aliphatic rings. The van der Waals surface area contributed by atoms with Crippen molar-refractivity contribution in [2.45, 2.75) is 39.2 Å². The van der Waals surface area contributed by atoms with Crippen LogP contribution in [0.15, 0.2) is 18.7 Å². The number of carbonyl (C=O) groups excluding carboxylic acids is 1. The zero-order chi connectivity index (χ0) is 10.9. The summed E-state index contributed by atoms with van der Waals surface area (Å²) in [6.45, 7) is 4.49. The van der Waals surface area contributed by atoms with Crippen molar-refractivity contribution in [3.8, 4) is 0 Å². The number of amides is 1. The van der Waals surface area contributed by atoms with Crippen LogP contribution in [0, 0.1) is 5.41 Å². The smallest absolute Gasteiger partial charge is 0.327 e. The van der Waals surface area contributed by atoms with E-state index in [-0.39, 0.29) is 6.03 Å². The highest BCUT2D eigenvalue weighted by molar-refractivity contribution is 5.76. The third-order valence-electron chi connectivity index (χ3n) is 3.04. The topological polar surface area (TPSA) is 46.9 Å². The van der Waals surface area contributed by atoms with Crippen LogP contribution in [-0.2, 0) is 0 Å². The van der Waals surface area contributed by atoms with Gasteiger partial charge in [-0.15, -0.1) is 0 Å². The first-order chi connectivity index (χ1) is 7.07. The molecule has 0 saturated heterocycles. The third kappa shape index (κ3) is 2.37. The second-order valence-electron chi connectivity index (χ2n) is 5.02. The van der Waals surface area contributed by atoms with Gasteiger partial charge in [0, 0.05) is 18.4 Å². The fraction of sp³-hybridized carbons (Fsp3) is 0.636. The summed E-state index contributed by atoms with van der Waals surface area (Å²) in [7, 11) is 0. The minimum Gasteiger partial charge on any atom is -0.335 e. The lowest BCUT2D eigenvalue weighted by atomic mass is 9.92. The van der Waals surface area contributed by atoms with Crippen LogP contribution in [0.2, 0.25) is 0 Å². The van der Waals surface area contributed by atoms with E-state index in [0.717, 1.165) is 12.8 Å². The van der Waals surface area contributed by atoms with Gasteiger partial charge in [-0.3, -0.25) is 4.57 Å². The van der Waals surface area contributed by atoms with Crippen molar-refractivity contribution in [3.05, 3.63) is 18.7 Å². The van der Waals surface area contributed by atoms with Crippen molar-refractivity contribution < 1.29 is 4.79 Å². The van der Waals surface area contributed by atoms with Crippen LogP contribution < -0.4 is 5.32 Å². The van der Waals surface area contributed by atoms with Crippen LogP contribution in [0.1, 0.15) is 33.1 Å². The molecule has 0 spiro atoms. The highest BCUT2D eigenvalue weighted by Gasteiger charge is 2.31. The Balaban J connectivity index is 1.91. The van der Waals surface area contributed by atoms with Crippen LogP contribution in [0.4, 0.5) is 4.79 Å². The van der Waals surface area contributed by atoms with Gasteiger partial charge in [-0.1, -0.05) is 13.8 Å². The Kier molecular flexibility index (Phi) is 2.50. The summed E-state index contributed by atoms with van der Waals surface area (Å²) >= 11 is 0. The molecule has 4 heteroatoms. The van der Waals surface area contributed by atoms with Crippen molar-refractivity contribution in [3.63, 3.8) is 0 Å². The fourth-order valence-electron chi connectivity index (χ4n) is 2.19. The minimum absolute atomic E-state index is 0.0739. The number of rotatable bonds is 1. The Morgan fingerprint density at radius 1 is 1.60 bits per heavy atom. The molecule has 0 radical (unpaired) electrons. The summed E-state index contributed by atoms with van der Waals surface area (Å²) in [6.07, 6.45) is 8.12. The van der Waals surface area contributed by atoms with E-state index in [1.807, 2.05) is 0 Å². The highest BCUT2D eigenvalue weighted by atomic mass is 16.2. The molecular weight excluding hydrogens is 190 g/mol. The SMILES string of the molecule is CC1(C)CCC(NC(=O)n2ccnc2)C1. The average molecular weight is 207 g/mol. The molecule has 1 N–H and O–H groups in total. The molecule has 4 nitrogen and oxygen atoms in total. The van der Waals surface area contributed by atoms with Crippen LogP contribution in [0.5, 0.6) is 0 Å². The van der Waals surface area contributed by atoms with E-state index in [4.69, 9.17) is 0 Å². The molecule has 1 aromatic rings. The van der Waals surface area contributed by atoms with Crippen molar-refractivity contribution in [2.75, 3.05) is 0 Å². The molecule has 2 rings (SSSR count). The summed E-state index contributed by atoms with van der Waals surface area (Å²) in [4.78, 5) is 15.5. The number of hydrogen-bond acceptors (Lipinski definition) is 2. The van der Waals surface area contributed by atoms with Crippen LogP contribution >= 0.6 is 0 Å². The molecule has 0 bridgehead atoms. The van der Waals surface area contributed by atoms with Gasteiger partial charge < -0.3 is 5.32 Å². The number of carbonyl (C=O) groups is 1. The van der Waals surface area contributed by atoms with Crippen molar-refractivity contribution >= 4 is 6.03 Å². The molecule has 1 atom stereocenters. The van der Waals surface area contributed by atoms with Crippen molar-refractivity contribution in [1.82, 2.24) is 14.9 Å². The summed E-state index contributed by atoms with van der Waals surface area (Å²) in [5.74, 6) is 0. The van der Waals surface area contributed by atoms with Gasteiger partial charge >= 0.3 is 6.03 Å². The van der Waals surface area contributed by atoms with E-state index in [9.17, 15) is 4.79 Å². The van der Waals surface area contributed by atoms with Gasteiger partial charge in [0.15, 0.2) is 0 Å². The monoisotopic (exact) mass is 207 g/mol. The minimum atomic E-state index is -0.0739. The Labute approximate surface area is 89.7 Å². The van der Waals surface area contributed by atoms with Crippen molar-refractivity contribution in [2.24, 2.45) is 5.41 Å². The molecule has 15 heavy (non-hydrogen) atoms. The average Bonchev–Trinajstić information content (AvgIpc) is 2.74. The van der Waals surface area contributed by atoms with E-state index < -0.39 is 0 Å². The Bertz CT molecular complexity index is 343. The first-order valence-corrected chi connectivity index (χ1v) is 5.36. The molecule has 1 unspecified atom stereocenters. The largest absolute Gasteiger partial charge is 0.335 e. The van der Waals surface area contributed by atoms with Crippen LogP contribution in [0.25, 0.3) is 0 Å². The molecular formula is C11H17N3O. The highest BCUT2D eigenvalue weighted by Crippen LogP contribution is 2.36. The zero-order valence-electron chi connectivity index (χ0n) is 9.23. The Hall–Kier alpha value is -1.32. The van der Waals surface area contributed by atoms with Gasteiger partial charge in [-0.2, -0.15) is 0 Å². The van der Waals surface area contributed by atoms with Crippen molar-refractivity contribution in [1.29, 1.82) is 0 Å².